The number of hydrogen-bond donors (Lipinski definition) is 0. The van der Waals surface area contributed by atoms with Crippen molar-refractivity contribution in [2.75, 3.05) is 7.11 Å². The summed E-state index contributed by atoms with van der Waals surface area (Å²) in [7, 11) is 4.79. The Hall–Kier alpha value is -1.92. The molecule has 0 spiro atoms. The Balaban J connectivity index is 2.54. The van der Waals surface area contributed by atoms with E-state index in [0.29, 0.717) is 10.2 Å². The molecule has 5 nitrogen and oxygen atoms in total. The van der Waals surface area contributed by atoms with E-state index in [2.05, 4.69) is 0 Å². The van der Waals surface area contributed by atoms with Crippen LogP contribution in [0.4, 0.5) is 0 Å². The number of aryl methyl sites for hydroxylation is 1. The summed E-state index contributed by atoms with van der Waals surface area (Å²) in [6.07, 6.45) is 7.38. The molecule has 2 aromatic heterocycles. The Morgan fingerprint density at radius 2 is 1.95 bits per heavy atom. The quantitative estimate of drug-likeness (QED) is 0.801. The van der Waals surface area contributed by atoms with Gasteiger partial charge in [0.15, 0.2) is 0 Å². The van der Waals surface area contributed by atoms with Gasteiger partial charge in [-0.2, -0.15) is 0 Å². The number of aromatic nitrogens is 2. The zero-order valence-corrected chi connectivity index (χ0v) is 12.2. The van der Waals surface area contributed by atoms with E-state index in [1.807, 2.05) is 24.3 Å². The van der Waals surface area contributed by atoms with Crippen LogP contribution < -0.4 is 11.2 Å². The van der Waals surface area contributed by atoms with Gasteiger partial charge in [-0.1, -0.05) is 18.2 Å². The Morgan fingerprint density at radius 3 is 2.65 bits per heavy atom. The van der Waals surface area contributed by atoms with Crippen LogP contribution in [0.15, 0.2) is 27.8 Å². The van der Waals surface area contributed by atoms with E-state index in [4.69, 9.17) is 4.74 Å². The van der Waals surface area contributed by atoms with Crippen molar-refractivity contribution >= 4 is 27.6 Å². The lowest BCUT2D eigenvalue weighted by Gasteiger charge is -2.11. The number of fused-ring (bicyclic) bond motifs is 3. The maximum absolute atomic E-state index is 12.5. The van der Waals surface area contributed by atoms with E-state index in [1.165, 1.54) is 23.0 Å². The lowest BCUT2D eigenvalue weighted by atomic mass is 10.1. The summed E-state index contributed by atoms with van der Waals surface area (Å²) in [4.78, 5) is 26.1. The van der Waals surface area contributed by atoms with Gasteiger partial charge in [0, 0.05) is 31.6 Å². The van der Waals surface area contributed by atoms with Crippen LogP contribution in [0.25, 0.3) is 16.3 Å². The van der Waals surface area contributed by atoms with Gasteiger partial charge in [-0.15, -0.1) is 11.3 Å². The first-order valence-corrected chi connectivity index (χ1v) is 6.98. The number of thiophene rings is 1. The van der Waals surface area contributed by atoms with Gasteiger partial charge in [-0.25, -0.2) is 4.79 Å². The molecule has 2 heterocycles. The second-order valence-electron chi connectivity index (χ2n) is 4.67. The Bertz CT molecular complexity index is 867. The molecule has 0 aliphatic heterocycles. The fraction of sp³-hybridized carbons (Fsp3) is 0.286. The fourth-order valence-electron chi connectivity index (χ4n) is 2.46. The molecule has 0 bridgehead atoms. The fourth-order valence-corrected chi connectivity index (χ4v) is 3.66. The topological polar surface area (TPSA) is 53.2 Å². The van der Waals surface area contributed by atoms with Gasteiger partial charge in [0.2, 0.25) is 0 Å². The molecule has 1 aliphatic carbocycles. The number of rotatable bonds is 1. The van der Waals surface area contributed by atoms with Gasteiger partial charge in [0.05, 0.1) is 5.39 Å². The third-order valence-corrected chi connectivity index (χ3v) is 4.78. The Morgan fingerprint density at radius 1 is 1.20 bits per heavy atom. The van der Waals surface area contributed by atoms with Crippen LogP contribution in [0.5, 0.6) is 0 Å². The minimum atomic E-state index is -0.313. The van der Waals surface area contributed by atoms with E-state index in [0.717, 1.165) is 15.0 Å². The predicted octanol–water partition coefficient (Wildman–Crippen LogP) is 1.57. The van der Waals surface area contributed by atoms with E-state index in [-0.39, 0.29) is 17.4 Å². The predicted molar refractivity (Wildman–Crippen MR) is 80.2 cm³/mol. The molecule has 2 aromatic rings. The molecule has 0 amide bonds. The average Bonchev–Trinajstić information content (AvgIpc) is 2.71. The van der Waals surface area contributed by atoms with Crippen LogP contribution in [0.3, 0.4) is 0 Å². The van der Waals surface area contributed by atoms with Crippen molar-refractivity contribution in [2.45, 2.75) is 6.10 Å². The van der Waals surface area contributed by atoms with Gasteiger partial charge < -0.3 is 4.74 Å². The van der Waals surface area contributed by atoms with Crippen molar-refractivity contribution in [1.82, 2.24) is 9.13 Å². The molecule has 1 aliphatic rings. The lowest BCUT2D eigenvalue weighted by molar-refractivity contribution is 0.144. The van der Waals surface area contributed by atoms with Crippen LogP contribution in [0, 0.1) is 0 Å². The maximum Gasteiger partial charge on any atom is 0.331 e. The van der Waals surface area contributed by atoms with E-state index in [9.17, 15) is 9.59 Å². The number of ether oxygens (including phenoxy) is 1. The Kier molecular flexibility index (Phi) is 2.99. The third-order valence-electron chi connectivity index (χ3n) is 3.54. The molecule has 6 heteroatoms. The normalized spacial score (nSPS) is 17.4. The molecule has 0 fully saturated rings. The van der Waals surface area contributed by atoms with E-state index in [1.54, 1.807) is 14.2 Å². The molecule has 3 rings (SSSR count). The Labute approximate surface area is 119 Å². The largest absolute Gasteiger partial charge is 0.373 e. The van der Waals surface area contributed by atoms with Crippen LogP contribution in [0.2, 0.25) is 0 Å². The highest BCUT2D eigenvalue weighted by atomic mass is 32.1. The summed E-state index contributed by atoms with van der Waals surface area (Å²) in [5.74, 6) is 0. The van der Waals surface area contributed by atoms with Crippen molar-refractivity contribution in [3.05, 3.63) is 49.5 Å². The molecule has 1 unspecified atom stereocenters. The second-order valence-corrected chi connectivity index (χ2v) is 5.70. The maximum atomic E-state index is 12.5. The van der Waals surface area contributed by atoms with Crippen molar-refractivity contribution in [3.63, 3.8) is 0 Å². The first-order valence-electron chi connectivity index (χ1n) is 6.16. The number of nitrogens with zero attached hydrogens (tertiary/aromatic N) is 2. The molecule has 104 valence electrons. The van der Waals surface area contributed by atoms with Gasteiger partial charge in [-0.3, -0.25) is 13.9 Å². The van der Waals surface area contributed by atoms with Crippen LogP contribution in [-0.4, -0.2) is 16.2 Å². The summed E-state index contributed by atoms with van der Waals surface area (Å²) in [6, 6.07) is 0. The molecule has 0 aromatic carbocycles. The summed E-state index contributed by atoms with van der Waals surface area (Å²) in [6.45, 7) is 0. The van der Waals surface area contributed by atoms with Gasteiger partial charge in [-0.05, 0) is 6.08 Å². The molecule has 20 heavy (non-hydrogen) atoms. The zero-order chi connectivity index (χ0) is 14.4. The highest BCUT2D eigenvalue weighted by Crippen LogP contribution is 2.36. The van der Waals surface area contributed by atoms with Gasteiger partial charge in [0.25, 0.3) is 5.56 Å². The highest BCUT2D eigenvalue weighted by molar-refractivity contribution is 7.19. The van der Waals surface area contributed by atoms with Gasteiger partial charge >= 0.3 is 5.69 Å². The monoisotopic (exact) mass is 290 g/mol. The summed E-state index contributed by atoms with van der Waals surface area (Å²) in [5.41, 5.74) is 0.257. The summed E-state index contributed by atoms with van der Waals surface area (Å²) >= 11 is 1.44. The van der Waals surface area contributed by atoms with Crippen molar-refractivity contribution in [2.24, 2.45) is 14.1 Å². The summed E-state index contributed by atoms with van der Waals surface area (Å²) in [5, 5.41) is 0.567. The summed E-state index contributed by atoms with van der Waals surface area (Å²) < 4.78 is 8.13. The molecule has 1 atom stereocenters. The minimum absolute atomic E-state index is 0.272. The number of allylic oxidation sites excluding steroid dienone is 2. The standard InChI is InChI=1S/C14H14N2O3S/c1-15-12(17)11-10-8(19-3)6-4-5-7-9(10)20-13(11)16(2)14(15)18/h4-8H,1-3H3. The first-order chi connectivity index (χ1) is 9.56. The van der Waals surface area contributed by atoms with Crippen LogP contribution >= 0.6 is 11.3 Å². The number of methoxy groups -OCH3 is 1. The van der Waals surface area contributed by atoms with Crippen LogP contribution in [-0.2, 0) is 18.8 Å². The minimum Gasteiger partial charge on any atom is -0.373 e. The molecular weight excluding hydrogens is 276 g/mol. The number of hydrogen-bond acceptors (Lipinski definition) is 4. The molecular formula is C14H14N2O3S. The average molecular weight is 290 g/mol. The molecule has 0 radical (unpaired) electrons. The van der Waals surface area contributed by atoms with E-state index < -0.39 is 0 Å². The molecule has 0 saturated carbocycles. The molecule has 0 saturated heterocycles. The van der Waals surface area contributed by atoms with Crippen molar-refractivity contribution < 1.29 is 4.74 Å². The smallest absolute Gasteiger partial charge is 0.331 e. The van der Waals surface area contributed by atoms with E-state index >= 15 is 0 Å². The van der Waals surface area contributed by atoms with Gasteiger partial charge in [0.1, 0.15) is 10.9 Å². The van der Waals surface area contributed by atoms with Crippen molar-refractivity contribution in [3.8, 4) is 0 Å². The van der Waals surface area contributed by atoms with Crippen molar-refractivity contribution in [1.29, 1.82) is 0 Å². The SMILES string of the molecule is COC1C=CC=Cc2sc3c(c21)c(=O)n(C)c(=O)n3C. The lowest BCUT2D eigenvalue weighted by Crippen LogP contribution is -2.36. The molecule has 0 N–H and O–H groups in total. The highest BCUT2D eigenvalue weighted by Gasteiger charge is 2.24. The second kappa shape index (κ2) is 4.57. The zero-order valence-electron chi connectivity index (χ0n) is 11.4. The van der Waals surface area contributed by atoms with Crippen LogP contribution in [0.1, 0.15) is 16.5 Å². The third kappa shape index (κ3) is 1.65. The first kappa shape index (κ1) is 13.1.